The molecule has 0 heterocycles. The van der Waals surface area contributed by atoms with Crippen molar-refractivity contribution in [1.29, 1.82) is 0 Å². The average Bonchev–Trinajstić information content (AvgIpc) is 2.33. The fourth-order valence-electron chi connectivity index (χ4n) is 1.83. The molecular formula is C12H27N3O. The molecule has 0 saturated heterocycles. The summed E-state index contributed by atoms with van der Waals surface area (Å²) in [6.07, 6.45) is 3.87. The molecule has 0 saturated carbocycles. The minimum atomic E-state index is -0.0708. The fourth-order valence-corrected chi connectivity index (χ4v) is 1.83. The molecule has 0 atom stereocenters. The van der Waals surface area contributed by atoms with Gasteiger partial charge in [0, 0.05) is 13.0 Å². The highest BCUT2D eigenvalue weighted by Crippen LogP contribution is 2.10. The Balaban J connectivity index is 3.78. The Kier molecular flexibility index (Phi) is 9.24. The molecule has 0 aliphatic heterocycles. The summed E-state index contributed by atoms with van der Waals surface area (Å²) in [6.45, 7) is 9.84. The number of nitrogens with one attached hydrogen (secondary N) is 1. The van der Waals surface area contributed by atoms with Gasteiger partial charge in [0.2, 0.25) is 5.91 Å². The molecule has 0 aromatic rings. The van der Waals surface area contributed by atoms with E-state index in [0.717, 1.165) is 32.0 Å². The lowest BCUT2D eigenvalue weighted by atomic mass is 10.0. The van der Waals surface area contributed by atoms with Crippen LogP contribution in [0.3, 0.4) is 0 Å². The third kappa shape index (κ3) is 6.80. The number of hydrogen-bond acceptors (Lipinski definition) is 3. The normalized spacial score (nSPS) is 11.1. The molecule has 0 aromatic carbocycles. The van der Waals surface area contributed by atoms with Crippen LogP contribution in [0, 0.1) is 5.92 Å². The van der Waals surface area contributed by atoms with E-state index in [9.17, 15) is 4.79 Å². The van der Waals surface area contributed by atoms with Crippen LogP contribution in [0.1, 0.15) is 46.5 Å². The van der Waals surface area contributed by atoms with E-state index in [4.69, 9.17) is 5.84 Å². The molecule has 96 valence electrons. The standard InChI is InChI=1S/C12H27N3O/c1-4-11(5-2)10-15(6-3)9-7-8-12(16)14-13/h11H,4-10,13H2,1-3H3,(H,14,16). The molecule has 0 radical (unpaired) electrons. The van der Waals surface area contributed by atoms with E-state index in [-0.39, 0.29) is 5.91 Å². The second kappa shape index (κ2) is 9.60. The number of nitrogens with two attached hydrogens (primary N) is 1. The highest BCUT2D eigenvalue weighted by Gasteiger charge is 2.10. The fraction of sp³-hybridized carbons (Fsp3) is 0.917. The monoisotopic (exact) mass is 229 g/mol. The van der Waals surface area contributed by atoms with Crippen molar-refractivity contribution in [2.75, 3.05) is 19.6 Å². The maximum atomic E-state index is 11.0. The van der Waals surface area contributed by atoms with E-state index in [1.165, 1.54) is 12.8 Å². The molecule has 0 aliphatic carbocycles. The van der Waals surface area contributed by atoms with Crippen LogP contribution < -0.4 is 11.3 Å². The Morgan fingerprint density at radius 1 is 1.31 bits per heavy atom. The van der Waals surface area contributed by atoms with Crippen molar-refractivity contribution in [2.24, 2.45) is 11.8 Å². The van der Waals surface area contributed by atoms with Gasteiger partial charge in [0.15, 0.2) is 0 Å². The smallest absolute Gasteiger partial charge is 0.233 e. The molecule has 4 nitrogen and oxygen atoms in total. The minimum absolute atomic E-state index is 0.0708. The van der Waals surface area contributed by atoms with Gasteiger partial charge in [-0.15, -0.1) is 0 Å². The largest absolute Gasteiger partial charge is 0.303 e. The van der Waals surface area contributed by atoms with Crippen LogP contribution in [0.5, 0.6) is 0 Å². The Bertz CT molecular complexity index is 181. The third-order valence-corrected chi connectivity index (χ3v) is 3.16. The molecule has 0 aliphatic rings. The third-order valence-electron chi connectivity index (χ3n) is 3.16. The Morgan fingerprint density at radius 3 is 2.38 bits per heavy atom. The molecule has 3 N–H and O–H groups in total. The van der Waals surface area contributed by atoms with Crippen molar-refractivity contribution in [1.82, 2.24) is 10.3 Å². The predicted molar refractivity (Wildman–Crippen MR) is 67.8 cm³/mol. The first-order chi connectivity index (χ1) is 7.67. The first-order valence-electron chi connectivity index (χ1n) is 6.39. The van der Waals surface area contributed by atoms with Gasteiger partial charge < -0.3 is 4.90 Å². The first-order valence-corrected chi connectivity index (χ1v) is 6.39. The highest BCUT2D eigenvalue weighted by atomic mass is 16.2. The lowest BCUT2D eigenvalue weighted by Gasteiger charge is -2.24. The molecule has 0 bridgehead atoms. The molecule has 0 unspecified atom stereocenters. The summed E-state index contributed by atoms with van der Waals surface area (Å²) in [4.78, 5) is 13.4. The number of hydrazine groups is 1. The quantitative estimate of drug-likeness (QED) is 0.358. The van der Waals surface area contributed by atoms with Gasteiger partial charge in [-0.25, -0.2) is 5.84 Å². The van der Waals surface area contributed by atoms with Crippen molar-refractivity contribution in [3.8, 4) is 0 Å². The van der Waals surface area contributed by atoms with Crippen molar-refractivity contribution < 1.29 is 4.79 Å². The van der Waals surface area contributed by atoms with Crippen LogP contribution in [0.25, 0.3) is 0 Å². The predicted octanol–water partition coefficient (Wildman–Crippen LogP) is 1.51. The van der Waals surface area contributed by atoms with Gasteiger partial charge in [-0.2, -0.15) is 0 Å². The van der Waals surface area contributed by atoms with Gasteiger partial charge >= 0.3 is 0 Å². The summed E-state index contributed by atoms with van der Waals surface area (Å²) < 4.78 is 0. The van der Waals surface area contributed by atoms with E-state index in [0.29, 0.717) is 6.42 Å². The van der Waals surface area contributed by atoms with Crippen LogP contribution >= 0.6 is 0 Å². The van der Waals surface area contributed by atoms with Crippen LogP contribution in [0.15, 0.2) is 0 Å². The summed E-state index contributed by atoms with van der Waals surface area (Å²) >= 11 is 0. The van der Waals surface area contributed by atoms with E-state index in [2.05, 4.69) is 31.1 Å². The maximum Gasteiger partial charge on any atom is 0.233 e. The van der Waals surface area contributed by atoms with E-state index in [1.807, 2.05) is 0 Å². The SMILES string of the molecule is CCC(CC)CN(CC)CCCC(=O)NN. The van der Waals surface area contributed by atoms with Gasteiger partial charge in [-0.1, -0.05) is 33.6 Å². The maximum absolute atomic E-state index is 11.0. The zero-order valence-corrected chi connectivity index (χ0v) is 11.0. The molecule has 0 aromatic heterocycles. The van der Waals surface area contributed by atoms with Crippen LogP contribution in [0.2, 0.25) is 0 Å². The second-order valence-electron chi connectivity index (χ2n) is 4.25. The lowest BCUT2D eigenvalue weighted by molar-refractivity contribution is -0.121. The van der Waals surface area contributed by atoms with Crippen LogP contribution in [-0.2, 0) is 4.79 Å². The zero-order valence-electron chi connectivity index (χ0n) is 11.0. The van der Waals surface area contributed by atoms with Gasteiger partial charge in [0.1, 0.15) is 0 Å². The number of nitrogens with zero attached hydrogens (tertiary/aromatic N) is 1. The highest BCUT2D eigenvalue weighted by molar-refractivity contribution is 5.75. The lowest BCUT2D eigenvalue weighted by Crippen LogP contribution is -2.33. The summed E-state index contributed by atoms with van der Waals surface area (Å²) in [5.74, 6) is 5.74. The van der Waals surface area contributed by atoms with Crippen molar-refractivity contribution >= 4 is 5.91 Å². The summed E-state index contributed by atoms with van der Waals surface area (Å²) in [5, 5.41) is 0. The Morgan fingerprint density at radius 2 is 1.94 bits per heavy atom. The van der Waals surface area contributed by atoms with Crippen molar-refractivity contribution in [3.05, 3.63) is 0 Å². The number of rotatable bonds is 9. The first kappa shape index (κ1) is 15.4. The minimum Gasteiger partial charge on any atom is -0.303 e. The summed E-state index contributed by atoms with van der Waals surface area (Å²) in [6, 6.07) is 0. The molecule has 0 rings (SSSR count). The Hall–Kier alpha value is -0.610. The average molecular weight is 229 g/mol. The number of amides is 1. The topological polar surface area (TPSA) is 58.4 Å². The van der Waals surface area contributed by atoms with Crippen molar-refractivity contribution in [3.63, 3.8) is 0 Å². The molecular weight excluding hydrogens is 202 g/mol. The molecule has 0 fully saturated rings. The number of carbonyl (C=O) groups is 1. The summed E-state index contributed by atoms with van der Waals surface area (Å²) in [7, 11) is 0. The van der Waals surface area contributed by atoms with Crippen LogP contribution in [-0.4, -0.2) is 30.4 Å². The van der Waals surface area contributed by atoms with E-state index < -0.39 is 0 Å². The zero-order chi connectivity index (χ0) is 12.4. The van der Waals surface area contributed by atoms with Gasteiger partial charge in [0.25, 0.3) is 0 Å². The molecule has 16 heavy (non-hydrogen) atoms. The van der Waals surface area contributed by atoms with Crippen molar-refractivity contribution in [2.45, 2.75) is 46.5 Å². The second-order valence-corrected chi connectivity index (χ2v) is 4.25. The van der Waals surface area contributed by atoms with Crippen LogP contribution in [0.4, 0.5) is 0 Å². The van der Waals surface area contributed by atoms with E-state index in [1.54, 1.807) is 0 Å². The Labute approximate surface area is 99.5 Å². The number of carbonyl (C=O) groups excluding carboxylic acids is 1. The van der Waals surface area contributed by atoms with Gasteiger partial charge in [-0.05, 0) is 25.4 Å². The molecule has 4 heteroatoms. The molecule has 1 amide bonds. The number of hydrogen-bond donors (Lipinski definition) is 2. The van der Waals surface area contributed by atoms with E-state index >= 15 is 0 Å². The van der Waals surface area contributed by atoms with Gasteiger partial charge in [-0.3, -0.25) is 10.2 Å². The molecule has 0 spiro atoms. The summed E-state index contributed by atoms with van der Waals surface area (Å²) in [5.41, 5.74) is 2.16. The van der Waals surface area contributed by atoms with Gasteiger partial charge in [0.05, 0.1) is 0 Å².